The second-order valence-electron chi connectivity index (χ2n) is 8.53. The van der Waals surface area contributed by atoms with E-state index in [1.165, 1.54) is 37.1 Å². The van der Waals surface area contributed by atoms with E-state index in [9.17, 15) is 9.00 Å². The van der Waals surface area contributed by atoms with Crippen molar-refractivity contribution in [3.05, 3.63) is 54.5 Å². The van der Waals surface area contributed by atoms with Gasteiger partial charge in [0.2, 0.25) is 11.8 Å². The number of amides is 1. The minimum absolute atomic E-state index is 0.0837. The molecule has 1 N–H and O–H groups in total. The van der Waals surface area contributed by atoms with Crippen LogP contribution in [-0.4, -0.2) is 42.9 Å². The number of nitrogens with one attached hydrogen (secondary N) is 1. The maximum atomic E-state index is 15.1. The van der Waals surface area contributed by atoms with Crippen LogP contribution in [0.25, 0.3) is 11.3 Å². The van der Waals surface area contributed by atoms with Gasteiger partial charge >= 0.3 is 0 Å². The summed E-state index contributed by atoms with van der Waals surface area (Å²) in [7, 11) is -1.29. The van der Waals surface area contributed by atoms with Crippen LogP contribution in [0.15, 0.2) is 48.0 Å². The first kappa shape index (κ1) is 22.5. The van der Waals surface area contributed by atoms with Crippen molar-refractivity contribution in [1.29, 1.82) is 0 Å². The molecule has 2 heterocycles. The number of fused-ring (bicyclic) bond motifs is 1. The molecule has 176 valence electrons. The van der Waals surface area contributed by atoms with Crippen molar-refractivity contribution in [3.8, 4) is 17.1 Å². The first-order chi connectivity index (χ1) is 16.4. The van der Waals surface area contributed by atoms with Crippen molar-refractivity contribution in [3.63, 3.8) is 0 Å². The molecule has 5 rings (SSSR count). The van der Waals surface area contributed by atoms with Crippen LogP contribution in [0.1, 0.15) is 31.9 Å². The predicted molar refractivity (Wildman–Crippen MR) is 124 cm³/mol. The van der Waals surface area contributed by atoms with E-state index in [2.05, 4.69) is 25.3 Å². The Kier molecular flexibility index (Phi) is 5.85. The Hall–Kier alpha value is -3.27. The molecule has 0 bridgehead atoms. The van der Waals surface area contributed by atoms with E-state index in [-0.39, 0.29) is 23.4 Å². The highest BCUT2D eigenvalue weighted by molar-refractivity contribution is 7.84. The van der Waals surface area contributed by atoms with E-state index in [0.29, 0.717) is 34.5 Å². The normalized spacial score (nSPS) is 23.7. The van der Waals surface area contributed by atoms with Crippen molar-refractivity contribution < 1.29 is 18.1 Å². The average molecular weight is 482 g/mol. The van der Waals surface area contributed by atoms with Gasteiger partial charge in [0, 0.05) is 11.8 Å². The molecule has 0 aliphatic heterocycles. The van der Waals surface area contributed by atoms with Gasteiger partial charge in [-0.1, -0.05) is 12.5 Å². The Morgan fingerprint density at radius 2 is 2.03 bits per heavy atom. The highest BCUT2D eigenvalue weighted by Crippen LogP contribution is 2.68. The number of carbonyl (C=O) groups excluding carboxylic acids is 1. The van der Waals surface area contributed by atoms with Gasteiger partial charge in [0.05, 0.1) is 52.3 Å². The molecule has 1 amide bonds. The van der Waals surface area contributed by atoms with Gasteiger partial charge in [-0.3, -0.25) is 14.0 Å². The topological polar surface area (TPSA) is 107 Å². The van der Waals surface area contributed by atoms with Crippen LogP contribution in [0, 0.1) is 17.7 Å². The molecule has 4 atom stereocenters. The number of aromatic nitrogens is 4. The summed E-state index contributed by atoms with van der Waals surface area (Å²) < 4.78 is 32.4. The van der Waals surface area contributed by atoms with Gasteiger partial charge in [-0.2, -0.15) is 0 Å². The maximum Gasteiger partial charge on any atom is 0.237 e. The van der Waals surface area contributed by atoms with Gasteiger partial charge in [-0.25, -0.2) is 19.3 Å². The van der Waals surface area contributed by atoms with E-state index < -0.39 is 22.0 Å². The van der Waals surface area contributed by atoms with Crippen LogP contribution in [0.4, 0.5) is 10.1 Å². The van der Waals surface area contributed by atoms with Crippen LogP contribution < -0.4 is 10.1 Å². The maximum absolute atomic E-state index is 15.1. The Labute approximate surface area is 198 Å². The van der Waals surface area contributed by atoms with E-state index in [0.717, 1.165) is 19.3 Å². The molecule has 2 saturated carbocycles. The molecule has 1 aromatic carbocycles. The number of hydrogen-bond donors (Lipinski definition) is 1. The molecule has 2 aliphatic carbocycles. The number of carbonyl (C=O) groups is 1. The van der Waals surface area contributed by atoms with Crippen molar-refractivity contribution in [2.75, 3.05) is 18.2 Å². The third-order valence-corrected chi connectivity index (χ3v) is 7.54. The second kappa shape index (κ2) is 8.83. The second-order valence-corrected chi connectivity index (χ2v) is 9.86. The number of nitrogens with zero attached hydrogens (tertiary/aromatic N) is 4. The summed E-state index contributed by atoms with van der Waals surface area (Å²) >= 11 is 0. The van der Waals surface area contributed by atoms with Gasteiger partial charge in [-0.05, 0) is 49.8 Å². The van der Waals surface area contributed by atoms with Crippen LogP contribution in [0.3, 0.4) is 0 Å². The van der Waals surface area contributed by atoms with Gasteiger partial charge in [-0.15, -0.1) is 0 Å². The minimum atomic E-state index is -1.29. The molecule has 10 heteroatoms. The largest absolute Gasteiger partial charge is 0.477 e. The lowest BCUT2D eigenvalue weighted by atomic mass is 9.90. The molecule has 0 saturated heterocycles. The molecule has 8 nitrogen and oxygen atoms in total. The van der Waals surface area contributed by atoms with Gasteiger partial charge < -0.3 is 10.1 Å². The van der Waals surface area contributed by atoms with Crippen molar-refractivity contribution >= 4 is 22.4 Å². The van der Waals surface area contributed by atoms with Gasteiger partial charge in [0.15, 0.2) is 0 Å². The molecule has 0 radical (unpaired) electrons. The van der Waals surface area contributed by atoms with Crippen LogP contribution in [0.5, 0.6) is 5.88 Å². The lowest BCUT2D eigenvalue weighted by Gasteiger charge is -2.20. The molecular weight excluding hydrogens is 457 g/mol. The first-order valence-corrected chi connectivity index (χ1v) is 12.7. The lowest BCUT2D eigenvalue weighted by molar-refractivity contribution is -0.119. The summed E-state index contributed by atoms with van der Waals surface area (Å²) in [6, 6.07) is 6.17. The summed E-state index contributed by atoms with van der Waals surface area (Å²) in [4.78, 5) is 30.4. The Morgan fingerprint density at radius 3 is 2.74 bits per heavy atom. The van der Waals surface area contributed by atoms with E-state index in [1.807, 2.05) is 6.92 Å². The minimum Gasteiger partial charge on any atom is -0.477 e. The summed E-state index contributed by atoms with van der Waals surface area (Å²) in [5.41, 5.74) is 0.781. The van der Waals surface area contributed by atoms with E-state index in [1.54, 1.807) is 12.1 Å². The summed E-state index contributed by atoms with van der Waals surface area (Å²) in [6.07, 6.45) is 8.77. The average Bonchev–Trinajstić information content (AvgIpc) is 3.21. The summed E-state index contributed by atoms with van der Waals surface area (Å²) in [5.74, 6) is -0.233. The fraction of sp³-hybridized carbons (Fsp3) is 0.375. The third kappa shape index (κ3) is 3.75. The number of ether oxygens (including phenoxy) is 1. The highest BCUT2D eigenvalue weighted by atomic mass is 32.2. The molecule has 2 aromatic heterocycles. The molecule has 2 aliphatic rings. The lowest BCUT2D eigenvalue weighted by Crippen LogP contribution is -2.33. The Morgan fingerprint density at radius 1 is 1.24 bits per heavy atom. The Balaban J connectivity index is 1.42. The highest BCUT2D eigenvalue weighted by Gasteiger charge is 2.72. The fourth-order valence-electron chi connectivity index (χ4n) is 5.22. The number of anilines is 1. The molecular formula is C24H24FN5O3S. The molecule has 2 fully saturated rings. The zero-order valence-corrected chi connectivity index (χ0v) is 19.6. The number of halogens is 1. The molecule has 34 heavy (non-hydrogen) atoms. The van der Waals surface area contributed by atoms with Gasteiger partial charge in [0.25, 0.3) is 0 Å². The molecule has 3 aromatic rings. The van der Waals surface area contributed by atoms with E-state index in [4.69, 9.17) is 4.74 Å². The van der Waals surface area contributed by atoms with Crippen molar-refractivity contribution in [2.45, 2.75) is 36.6 Å². The number of rotatable bonds is 7. The zero-order chi connectivity index (χ0) is 23.9. The van der Waals surface area contributed by atoms with Crippen molar-refractivity contribution in [1.82, 2.24) is 19.9 Å². The predicted octanol–water partition coefficient (Wildman–Crippen LogP) is 3.52. The SMILES string of the molecule is CCOc1cncc(-c2ccc(NC(=O)C3(c4cc(S(C)=O)ncn4)[C@@H]4CCC[C@@H]43)c(F)c2)n1. The van der Waals surface area contributed by atoms with Crippen LogP contribution >= 0.6 is 0 Å². The third-order valence-electron chi connectivity index (χ3n) is 6.73. The van der Waals surface area contributed by atoms with Crippen LogP contribution in [-0.2, 0) is 21.0 Å². The van der Waals surface area contributed by atoms with Crippen molar-refractivity contribution in [2.24, 2.45) is 11.8 Å². The smallest absolute Gasteiger partial charge is 0.237 e. The van der Waals surface area contributed by atoms with Crippen LogP contribution in [0.2, 0.25) is 0 Å². The number of benzene rings is 1. The molecule has 2 unspecified atom stereocenters. The summed E-state index contributed by atoms with van der Waals surface area (Å²) in [6.45, 7) is 2.29. The van der Waals surface area contributed by atoms with E-state index >= 15 is 4.39 Å². The first-order valence-electron chi connectivity index (χ1n) is 11.2. The molecule has 0 spiro atoms. The quantitative estimate of drug-likeness (QED) is 0.515. The standard InChI is InChI=1S/C24H24FN5O3S/c1-3-33-21-12-26-11-19(29-21)14-7-8-18(17(25)9-14)30-23(31)24(15-5-4-6-16(15)24)20-10-22(34(2)32)28-13-27-20/h7-13,15-16H,3-6H2,1-2H3,(H,30,31)/t15-,16+,24?,34?. The summed E-state index contributed by atoms with van der Waals surface area (Å²) in [5, 5.41) is 3.17. The monoisotopic (exact) mass is 481 g/mol. The fourth-order valence-corrected chi connectivity index (χ4v) is 5.69. The Bertz CT molecular complexity index is 1280. The van der Waals surface area contributed by atoms with Gasteiger partial charge in [0.1, 0.15) is 17.2 Å². The number of hydrogen-bond acceptors (Lipinski definition) is 7. The zero-order valence-electron chi connectivity index (χ0n) is 18.8.